The lowest BCUT2D eigenvalue weighted by Gasteiger charge is -2.21. The fourth-order valence-corrected chi connectivity index (χ4v) is 3.10. The highest BCUT2D eigenvalue weighted by Gasteiger charge is 2.32. The molecule has 2 amide bonds. The Morgan fingerprint density at radius 1 is 1.38 bits per heavy atom. The van der Waals surface area contributed by atoms with Gasteiger partial charge in [0.15, 0.2) is 0 Å². The van der Waals surface area contributed by atoms with Gasteiger partial charge < -0.3 is 24.9 Å². The summed E-state index contributed by atoms with van der Waals surface area (Å²) in [6.45, 7) is 0.501. The summed E-state index contributed by atoms with van der Waals surface area (Å²) in [5.41, 5.74) is 2.03. The average molecular weight is 330 g/mol. The molecule has 1 aromatic carbocycles. The molecule has 1 aliphatic rings. The summed E-state index contributed by atoms with van der Waals surface area (Å²) in [5, 5.41) is 16.0. The molecular weight excluding hydrogens is 308 g/mol. The van der Waals surface area contributed by atoms with Crippen LogP contribution in [0.3, 0.4) is 0 Å². The lowest BCUT2D eigenvalue weighted by Crippen LogP contribution is -2.42. The first kappa shape index (κ1) is 16.5. The van der Waals surface area contributed by atoms with Crippen LogP contribution in [-0.2, 0) is 11.2 Å². The Morgan fingerprint density at radius 3 is 2.96 bits per heavy atom. The SMILES string of the molecule is COCC[C@H](NC(=O)N[C@@H]1c2ccccc2C[C@@H]1O)c1ccco1. The third-order valence-corrected chi connectivity index (χ3v) is 4.29. The quantitative estimate of drug-likeness (QED) is 0.759. The van der Waals surface area contributed by atoms with Crippen LogP contribution in [-0.4, -0.2) is 31.0 Å². The monoisotopic (exact) mass is 330 g/mol. The van der Waals surface area contributed by atoms with Crippen LogP contribution in [0.4, 0.5) is 4.79 Å². The van der Waals surface area contributed by atoms with Crippen LogP contribution in [0.1, 0.15) is 35.4 Å². The molecule has 24 heavy (non-hydrogen) atoms. The Bertz CT molecular complexity index is 671. The summed E-state index contributed by atoms with van der Waals surface area (Å²) >= 11 is 0. The summed E-state index contributed by atoms with van der Waals surface area (Å²) in [6, 6.07) is 10.3. The molecule has 0 saturated heterocycles. The van der Waals surface area contributed by atoms with Crippen LogP contribution >= 0.6 is 0 Å². The fourth-order valence-electron chi connectivity index (χ4n) is 3.10. The molecule has 1 aliphatic carbocycles. The van der Waals surface area contributed by atoms with Crippen molar-refractivity contribution < 1.29 is 19.1 Å². The van der Waals surface area contributed by atoms with Crippen molar-refractivity contribution in [3.05, 3.63) is 59.5 Å². The van der Waals surface area contributed by atoms with Crippen LogP contribution in [0, 0.1) is 0 Å². The lowest BCUT2D eigenvalue weighted by atomic mass is 10.1. The molecule has 0 radical (unpaired) electrons. The molecule has 0 fully saturated rings. The van der Waals surface area contributed by atoms with Crippen LogP contribution in [0.25, 0.3) is 0 Å². The molecule has 3 rings (SSSR count). The molecular formula is C18H22N2O4. The van der Waals surface area contributed by atoms with Gasteiger partial charge in [0.05, 0.1) is 24.5 Å². The second kappa shape index (κ2) is 7.51. The van der Waals surface area contributed by atoms with Crippen LogP contribution in [0.2, 0.25) is 0 Å². The van der Waals surface area contributed by atoms with Gasteiger partial charge in [0, 0.05) is 20.1 Å². The zero-order valence-electron chi connectivity index (χ0n) is 13.6. The molecule has 0 bridgehead atoms. The Morgan fingerprint density at radius 2 is 2.21 bits per heavy atom. The van der Waals surface area contributed by atoms with Crippen molar-refractivity contribution in [1.82, 2.24) is 10.6 Å². The minimum absolute atomic E-state index is 0.284. The smallest absolute Gasteiger partial charge is 0.315 e. The molecule has 1 heterocycles. The zero-order valence-corrected chi connectivity index (χ0v) is 13.6. The zero-order chi connectivity index (χ0) is 16.9. The topological polar surface area (TPSA) is 83.7 Å². The van der Waals surface area contributed by atoms with Crippen molar-refractivity contribution >= 4 is 6.03 Å². The molecule has 128 valence electrons. The first-order valence-corrected chi connectivity index (χ1v) is 8.04. The maximum Gasteiger partial charge on any atom is 0.315 e. The van der Waals surface area contributed by atoms with Gasteiger partial charge in [-0.2, -0.15) is 0 Å². The van der Waals surface area contributed by atoms with Gasteiger partial charge in [-0.1, -0.05) is 24.3 Å². The van der Waals surface area contributed by atoms with Crippen molar-refractivity contribution in [2.24, 2.45) is 0 Å². The van der Waals surface area contributed by atoms with E-state index in [1.165, 1.54) is 0 Å². The lowest BCUT2D eigenvalue weighted by molar-refractivity contribution is 0.140. The Labute approximate surface area is 140 Å². The van der Waals surface area contributed by atoms with Crippen LogP contribution in [0.15, 0.2) is 47.1 Å². The molecule has 0 spiro atoms. The minimum atomic E-state index is -0.616. The second-order valence-electron chi connectivity index (χ2n) is 5.92. The minimum Gasteiger partial charge on any atom is -0.467 e. The number of aliphatic hydroxyl groups excluding tert-OH is 1. The van der Waals surface area contributed by atoms with Crippen molar-refractivity contribution in [3.8, 4) is 0 Å². The number of nitrogens with one attached hydrogen (secondary N) is 2. The van der Waals surface area contributed by atoms with Crippen molar-refractivity contribution in [3.63, 3.8) is 0 Å². The number of fused-ring (bicyclic) bond motifs is 1. The predicted molar refractivity (Wildman–Crippen MR) is 88.5 cm³/mol. The third-order valence-electron chi connectivity index (χ3n) is 4.29. The standard InChI is InChI=1S/C18H22N2O4/c1-23-10-8-14(16-7-4-9-24-16)19-18(22)20-17-13-6-3-2-5-12(13)11-15(17)21/h2-7,9,14-15,17,21H,8,10-11H2,1H3,(H2,19,20,22)/t14-,15-,17+/m0/s1. The first-order chi connectivity index (χ1) is 11.7. The predicted octanol–water partition coefficient (Wildman–Crippen LogP) is 2.31. The van der Waals surface area contributed by atoms with Gasteiger partial charge >= 0.3 is 6.03 Å². The molecule has 3 atom stereocenters. The van der Waals surface area contributed by atoms with Crippen LogP contribution in [0.5, 0.6) is 0 Å². The van der Waals surface area contributed by atoms with E-state index in [0.717, 1.165) is 11.1 Å². The summed E-state index contributed by atoms with van der Waals surface area (Å²) in [6.07, 6.45) is 2.11. The summed E-state index contributed by atoms with van der Waals surface area (Å²) in [7, 11) is 1.62. The first-order valence-electron chi connectivity index (χ1n) is 8.04. The molecule has 0 aliphatic heterocycles. The normalized spacial score (nSPS) is 20.4. The number of carbonyl (C=O) groups excluding carboxylic acids is 1. The van der Waals surface area contributed by atoms with Gasteiger partial charge in [0.1, 0.15) is 5.76 Å². The number of hydrogen-bond acceptors (Lipinski definition) is 4. The van der Waals surface area contributed by atoms with Crippen molar-refractivity contribution in [2.75, 3.05) is 13.7 Å². The number of ether oxygens (including phenoxy) is 1. The van der Waals surface area contributed by atoms with Crippen molar-refractivity contribution in [1.29, 1.82) is 0 Å². The number of hydrogen-bond donors (Lipinski definition) is 3. The Balaban J connectivity index is 1.66. The molecule has 1 aromatic heterocycles. The molecule has 0 saturated carbocycles. The summed E-state index contributed by atoms with van der Waals surface area (Å²) in [5.74, 6) is 0.676. The highest BCUT2D eigenvalue weighted by atomic mass is 16.5. The van der Waals surface area contributed by atoms with E-state index >= 15 is 0 Å². The third kappa shape index (κ3) is 3.60. The van der Waals surface area contributed by atoms with E-state index in [0.29, 0.717) is 25.2 Å². The number of furan rings is 1. The van der Waals surface area contributed by atoms with E-state index in [-0.39, 0.29) is 12.1 Å². The summed E-state index contributed by atoms with van der Waals surface area (Å²) in [4.78, 5) is 12.4. The second-order valence-corrected chi connectivity index (χ2v) is 5.92. The average Bonchev–Trinajstić information content (AvgIpc) is 3.20. The number of methoxy groups -OCH3 is 1. The number of carbonyl (C=O) groups is 1. The molecule has 0 unspecified atom stereocenters. The molecule has 6 heteroatoms. The van der Waals surface area contributed by atoms with Crippen molar-refractivity contribution in [2.45, 2.75) is 31.0 Å². The van der Waals surface area contributed by atoms with Gasteiger partial charge in [0.2, 0.25) is 0 Å². The van der Waals surface area contributed by atoms with E-state index in [2.05, 4.69) is 10.6 Å². The fraction of sp³-hybridized carbons (Fsp3) is 0.389. The number of benzene rings is 1. The number of amides is 2. The number of aliphatic hydroxyl groups is 1. The van der Waals surface area contributed by atoms with Gasteiger partial charge in [-0.05, 0) is 29.7 Å². The van der Waals surface area contributed by atoms with E-state index in [1.807, 2.05) is 30.3 Å². The van der Waals surface area contributed by atoms with Gasteiger partial charge in [-0.3, -0.25) is 0 Å². The molecule has 3 N–H and O–H groups in total. The van der Waals surface area contributed by atoms with Gasteiger partial charge in [-0.25, -0.2) is 4.79 Å². The number of rotatable bonds is 6. The largest absolute Gasteiger partial charge is 0.467 e. The summed E-state index contributed by atoms with van der Waals surface area (Å²) < 4.78 is 10.5. The molecule has 2 aromatic rings. The number of urea groups is 1. The highest BCUT2D eigenvalue weighted by molar-refractivity contribution is 5.75. The van der Waals surface area contributed by atoms with E-state index < -0.39 is 12.1 Å². The van der Waals surface area contributed by atoms with E-state index in [9.17, 15) is 9.90 Å². The maximum atomic E-state index is 12.4. The van der Waals surface area contributed by atoms with Crippen LogP contribution < -0.4 is 10.6 Å². The Kier molecular flexibility index (Phi) is 5.17. The highest BCUT2D eigenvalue weighted by Crippen LogP contribution is 2.31. The van der Waals surface area contributed by atoms with Gasteiger partial charge in [-0.15, -0.1) is 0 Å². The van der Waals surface area contributed by atoms with E-state index in [4.69, 9.17) is 9.15 Å². The van der Waals surface area contributed by atoms with E-state index in [1.54, 1.807) is 19.4 Å². The Hall–Kier alpha value is -2.31. The maximum absolute atomic E-state index is 12.4. The van der Waals surface area contributed by atoms with Gasteiger partial charge in [0.25, 0.3) is 0 Å². The molecule has 6 nitrogen and oxygen atoms in total.